The smallest absolute Gasteiger partial charge is 0.242 e. The Balaban J connectivity index is 1.93. The number of rotatable bonds is 7. The first-order valence-electron chi connectivity index (χ1n) is 5.89. The van der Waals surface area contributed by atoms with Crippen molar-refractivity contribution in [3.05, 3.63) is 47.7 Å². The average molecular weight is 283 g/mol. The van der Waals surface area contributed by atoms with E-state index in [-0.39, 0.29) is 6.61 Å². The van der Waals surface area contributed by atoms with Gasteiger partial charge in [0.05, 0.1) is 13.2 Å². The highest BCUT2D eigenvalue weighted by Gasteiger charge is 2.17. The predicted octanol–water partition coefficient (Wildman–Crippen LogP) is 2.56. The molecule has 1 atom stereocenters. The van der Waals surface area contributed by atoms with Crippen molar-refractivity contribution in [1.29, 1.82) is 0 Å². The molecule has 2 aromatic rings. The first-order valence-corrected chi connectivity index (χ1v) is 6.33. The summed E-state index contributed by atoms with van der Waals surface area (Å²) in [6.45, 7) is 1.27. The highest BCUT2D eigenvalue weighted by atomic mass is 35.5. The van der Waals surface area contributed by atoms with Crippen molar-refractivity contribution in [3.63, 3.8) is 0 Å². The van der Waals surface area contributed by atoms with Crippen LogP contribution in [0.2, 0.25) is 0 Å². The molecule has 0 aliphatic carbocycles. The van der Waals surface area contributed by atoms with Gasteiger partial charge in [-0.2, -0.15) is 0 Å². The maximum atomic E-state index is 6.27. The Morgan fingerprint density at radius 1 is 1.21 bits per heavy atom. The lowest BCUT2D eigenvalue weighted by molar-refractivity contribution is 0.0513. The van der Waals surface area contributed by atoms with Crippen molar-refractivity contribution in [2.24, 2.45) is 0 Å². The molecule has 1 aromatic heterocycles. The first kappa shape index (κ1) is 14.0. The minimum Gasteiger partial charge on any atom is -0.421 e. The van der Waals surface area contributed by atoms with Gasteiger partial charge in [0.25, 0.3) is 0 Å². The molecular weight excluding hydrogens is 268 g/mol. The molecule has 1 aromatic carbocycles. The molecule has 1 heterocycles. The van der Waals surface area contributed by atoms with E-state index >= 15 is 0 Å². The van der Waals surface area contributed by atoms with E-state index in [1.54, 1.807) is 7.11 Å². The zero-order chi connectivity index (χ0) is 13.5. The van der Waals surface area contributed by atoms with E-state index in [0.717, 1.165) is 5.56 Å². The van der Waals surface area contributed by atoms with Gasteiger partial charge in [0.2, 0.25) is 11.8 Å². The van der Waals surface area contributed by atoms with Crippen LogP contribution < -0.4 is 0 Å². The second kappa shape index (κ2) is 7.23. The highest BCUT2D eigenvalue weighted by Crippen LogP contribution is 2.27. The second-order valence-corrected chi connectivity index (χ2v) is 4.29. The van der Waals surface area contributed by atoms with Crippen LogP contribution in [-0.4, -0.2) is 30.5 Å². The molecule has 0 bridgehead atoms. The van der Waals surface area contributed by atoms with Gasteiger partial charge in [-0.3, -0.25) is 0 Å². The molecule has 0 spiro atoms. The Bertz CT molecular complexity index is 490. The number of nitrogens with zero attached hydrogens (tertiary/aromatic N) is 2. The zero-order valence-corrected chi connectivity index (χ0v) is 11.3. The Morgan fingerprint density at radius 2 is 2.00 bits per heavy atom. The topological polar surface area (TPSA) is 57.4 Å². The van der Waals surface area contributed by atoms with Crippen molar-refractivity contribution in [1.82, 2.24) is 10.2 Å². The molecule has 0 fully saturated rings. The van der Waals surface area contributed by atoms with Crippen LogP contribution >= 0.6 is 11.6 Å². The lowest BCUT2D eigenvalue weighted by atomic mass is 10.1. The summed E-state index contributed by atoms with van der Waals surface area (Å²) in [5.41, 5.74) is 0.916. The monoisotopic (exact) mass is 282 g/mol. The Labute approximate surface area is 116 Å². The summed E-state index contributed by atoms with van der Waals surface area (Å²) in [4.78, 5) is 0. The van der Waals surface area contributed by atoms with Gasteiger partial charge in [-0.25, -0.2) is 0 Å². The summed E-state index contributed by atoms with van der Waals surface area (Å²) in [5, 5.41) is 7.38. The summed E-state index contributed by atoms with van der Waals surface area (Å²) in [6.07, 6.45) is 0. The van der Waals surface area contributed by atoms with Gasteiger partial charge in [-0.1, -0.05) is 30.3 Å². The fourth-order valence-corrected chi connectivity index (χ4v) is 1.73. The molecule has 2 rings (SSSR count). The Hall–Kier alpha value is -1.43. The van der Waals surface area contributed by atoms with E-state index in [4.69, 9.17) is 25.5 Å². The number of hydrogen-bond acceptors (Lipinski definition) is 5. The molecule has 0 radical (unpaired) electrons. The van der Waals surface area contributed by atoms with E-state index in [0.29, 0.717) is 25.0 Å². The van der Waals surface area contributed by atoms with Crippen molar-refractivity contribution in [2.75, 3.05) is 20.3 Å². The zero-order valence-electron chi connectivity index (χ0n) is 10.6. The Kier molecular flexibility index (Phi) is 5.32. The summed E-state index contributed by atoms with van der Waals surface area (Å²) in [6, 6.07) is 9.58. The first-order chi connectivity index (χ1) is 9.31. The van der Waals surface area contributed by atoms with Crippen LogP contribution in [0.3, 0.4) is 0 Å². The third-order valence-corrected chi connectivity index (χ3v) is 2.89. The standard InChI is InChI=1S/C13H15ClN2O3/c1-17-7-8-18-9-11-15-16-13(19-11)12(14)10-5-3-2-4-6-10/h2-6,12H,7-9H2,1H3. The SMILES string of the molecule is COCCOCc1nnc(C(Cl)c2ccccc2)o1. The fourth-order valence-electron chi connectivity index (χ4n) is 1.49. The fraction of sp³-hybridized carbons (Fsp3) is 0.385. The van der Waals surface area contributed by atoms with Crippen molar-refractivity contribution < 1.29 is 13.9 Å². The lowest BCUT2D eigenvalue weighted by Gasteiger charge is -2.04. The van der Waals surface area contributed by atoms with Gasteiger partial charge < -0.3 is 13.9 Å². The summed E-state index contributed by atoms with van der Waals surface area (Å²) < 4.78 is 15.6. The van der Waals surface area contributed by atoms with E-state index in [2.05, 4.69) is 10.2 Å². The van der Waals surface area contributed by atoms with Crippen molar-refractivity contribution in [2.45, 2.75) is 12.0 Å². The summed E-state index contributed by atoms with van der Waals surface area (Å²) in [7, 11) is 1.62. The summed E-state index contributed by atoms with van der Waals surface area (Å²) in [5.74, 6) is 0.783. The third-order valence-electron chi connectivity index (χ3n) is 2.45. The van der Waals surface area contributed by atoms with Gasteiger partial charge in [0.1, 0.15) is 12.0 Å². The molecule has 1 unspecified atom stereocenters. The van der Waals surface area contributed by atoms with E-state index in [9.17, 15) is 0 Å². The van der Waals surface area contributed by atoms with E-state index in [1.807, 2.05) is 30.3 Å². The van der Waals surface area contributed by atoms with E-state index < -0.39 is 5.38 Å². The van der Waals surface area contributed by atoms with Crippen molar-refractivity contribution in [3.8, 4) is 0 Å². The predicted molar refractivity (Wildman–Crippen MR) is 70.0 cm³/mol. The number of ether oxygens (including phenoxy) is 2. The van der Waals surface area contributed by atoms with Crippen LogP contribution in [0.1, 0.15) is 22.7 Å². The molecule has 0 aliphatic rings. The van der Waals surface area contributed by atoms with Crippen LogP contribution in [0.25, 0.3) is 0 Å². The Morgan fingerprint density at radius 3 is 2.74 bits per heavy atom. The average Bonchev–Trinajstić information content (AvgIpc) is 2.92. The molecule has 0 aliphatic heterocycles. The molecule has 6 heteroatoms. The van der Waals surface area contributed by atoms with Gasteiger partial charge in [-0.05, 0) is 5.56 Å². The number of alkyl halides is 1. The number of aromatic nitrogens is 2. The number of methoxy groups -OCH3 is 1. The molecule has 0 saturated carbocycles. The number of benzene rings is 1. The number of hydrogen-bond donors (Lipinski definition) is 0. The molecule has 0 amide bonds. The minimum absolute atomic E-state index is 0.259. The van der Waals surface area contributed by atoms with Gasteiger partial charge in [0, 0.05) is 7.11 Å². The van der Waals surface area contributed by atoms with Crippen LogP contribution in [0.15, 0.2) is 34.7 Å². The van der Waals surface area contributed by atoms with Crippen LogP contribution in [0.4, 0.5) is 0 Å². The lowest BCUT2D eigenvalue weighted by Crippen LogP contribution is -2.01. The van der Waals surface area contributed by atoms with Crippen LogP contribution in [-0.2, 0) is 16.1 Å². The maximum Gasteiger partial charge on any atom is 0.242 e. The molecule has 0 N–H and O–H groups in total. The van der Waals surface area contributed by atoms with Crippen molar-refractivity contribution >= 4 is 11.6 Å². The molecule has 102 valence electrons. The van der Waals surface area contributed by atoms with Gasteiger partial charge >= 0.3 is 0 Å². The largest absolute Gasteiger partial charge is 0.421 e. The normalized spacial score (nSPS) is 12.5. The minimum atomic E-state index is -0.443. The van der Waals surface area contributed by atoms with Crippen LogP contribution in [0.5, 0.6) is 0 Å². The quantitative estimate of drug-likeness (QED) is 0.577. The molecular formula is C13H15ClN2O3. The van der Waals surface area contributed by atoms with Gasteiger partial charge in [0.15, 0.2) is 0 Å². The summed E-state index contributed by atoms with van der Waals surface area (Å²) >= 11 is 6.27. The molecule has 0 saturated heterocycles. The maximum absolute atomic E-state index is 6.27. The van der Waals surface area contributed by atoms with E-state index in [1.165, 1.54) is 0 Å². The highest BCUT2D eigenvalue weighted by molar-refractivity contribution is 6.22. The third kappa shape index (κ3) is 4.02. The van der Waals surface area contributed by atoms with Crippen LogP contribution in [0, 0.1) is 0 Å². The molecule has 5 nitrogen and oxygen atoms in total. The number of halogens is 1. The second-order valence-electron chi connectivity index (χ2n) is 3.85. The van der Waals surface area contributed by atoms with Gasteiger partial charge in [-0.15, -0.1) is 21.8 Å². The molecule has 19 heavy (non-hydrogen) atoms.